The second-order valence-electron chi connectivity index (χ2n) is 9.69. The molecule has 0 unspecified atom stereocenters. The molecule has 0 heterocycles. The van der Waals surface area contributed by atoms with E-state index in [0.717, 1.165) is 78.8 Å². The number of esters is 7. The lowest BCUT2D eigenvalue weighted by atomic mass is 10.2. The maximum absolute atomic E-state index is 12.2. The van der Waals surface area contributed by atoms with Gasteiger partial charge < -0.3 is 42.6 Å². The smallest absolute Gasteiger partial charge is 0.308 e. The molecule has 0 aliphatic heterocycles. The van der Waals surface area contributed by atoms with Gasteiger partial charge in [0.2, 0.25) is 11.5 Å². The van der Waals surface area contributed by atoms with E-state index < -0.39 is 76.3 Å². The average Bonchev–Trinajstić information content (AvgIpc) is 2.95. The molecule has 0 amide bonds. The van der Waals surface area contributed by atoms with Crippen molar-refractivity contribution in [2.45, 2.75) is 48.5 Å². The quantitative estimate of drug-likeness (QED) is 0.158. The number of benzene rings is 3. The first-order chi connectivity index (χ1) is 23.3. The first-order valence-electron chi connectivity index (χ1n) is 13.9. The van der Waals surface area contributed by atoms with E-state index in [0.29, 0.717) is 0 Å². The summed E-state index contributed by atoms with van der Waals surface area (Å²) in [7, 11) is 0. The first kappa shape index (κ1) is 38.8. The van der Waals surface area contributed by atoms with Crippen molar-refractivity contribution in [2.24, 2.45) is 0 Å². The van der Waals surface area contributed by atoms with Crippen molar-refractivity contribution in [3.8, 4) is 63.2 Å². The zero-order valence-corrected chi connectivity index (χ0v) is 29.5. The fourth-order valence-electron chi connectivity index (χ4n) is 3.84. The van der Waals surface area contributed by atoms with E-state index >= 15 is 0 Å². The molecular formula is C32H26BrClO16. The summed E-state index contributed by atoms with van der Waals surface area (Å²) in [4.78, 5) is 83.7. The van der Waals surface area contributed by atoms with Crippen molar-refractivity contribution in [3.05, 3.63) is 39.8 Å². The molecule has 0 radical (unpaired) electrons. The fourth-order valence-corrected chi connectivity index (χ4v) is 4.48. The Hall–Kier alpha value is -5.68. The minimum atomic E-state index is -0.893. The molecule has 0 bridgehead atoms. The highest BCUT2D eigenvalue weighted by atomic mass is 79.9. The predicted octanol–water partition coefficient (Wildman–Crippen LogP) is 6.16. The van der Waals surface area contributed by atoms with Crippen molar-refractivity contribution in [2.75, 3.05) is 0 Å². The number of carbonyl (C=O) groups is 7. The van der Waals surface area contributed by atoms with Gasteiger partial charge >= 0.3 is 41.8 Å². The van der Waals surface area contributed by atoms with Crippen LogP contribution in [0.3, 0.4) is 0 Å². The molecule has 0 saturated heterocycles. The Morgan fingerprint density at radius 2 is 0.800 bits per heavy atom. The number of hydrogen-bond donors (Lipinski definition) is 0. The van der Waals surface area contributed by atoms with Crippen molar-refractivity contribution in [3.63, 3.8) is 0 Å². The van der Waals surface area contributed by atoms with E-state index in [1.807, 2.05) is 0 Å². The molecular weight excluding hydrogens is 756 g/mol. The van der Waals surface area contributed by atoms with Gasteiger partial charge in [-0.15, -0.1) is 0 Å². The summed E-state index contributed by atoms with van der Waals surface area (Å²) in [5.41, 5.74) is 0. The Morgan fingerprint density at radius 1 is 0.420 bits per heavy atom. The Bertz CT molecular complexity index is 1880. The van der Waals surface area contributed by atoms with Gasteiger partial charge in [0, 0.05) is 78.8 Å². The Balaban J connectivity index is 2.33. The third-order valence-corrected chi connectivity index (χ3v) is 6.41. The Kier molecular flexibility index (Phi) is 12.9. The van der Waals surface area contributed by atoms with Gasteiger partial charge in [-0.1, -0.05) is 11.6 Å². The monoisotopic (exact) mass is 780 g/mol. The van der Waals surface area contributed by atoms with Crippen LogP contribution in [0, 0.1) is 0 Å². The van der Waals surface area contributed by atoms with Gasteiger partial charge in [-0.05, 0) is 15.9 Å². The number of ether oxygens (including phenoxy) is 9. The average molecular weight is 782 g/mol. The number of halogens is 2. The Labute approximate surface area is 296 Å². The molecule has 3 rings (SSSR count). The van der Waals surface area contributed by atoms with E-state index in [2.05, 4.69) is 15.9 Å². The second-order valence-corrected chi connectivity index (χ2v) is 10.9. The molecule has 264 valence electrons. The van der Waals surface area contributed by atoms with E-state index in [4.69, 9.17) is 54.2 Å². The van der Waals surface area contributed by atoms with Crippen LogP contribution in [-0.4, -0.2) is 41.8 Å². The van der Waals surface area contributed by atoms with Crippen LogP contribution >= 0.6 is 27.5 Å². The fraction of sp³-hybridized carbons (Fsp3) is 0.219. The molecule has 50 heavy (non-hydrogen) atoms. The van der Waals surface area contributed by atoms with Crippen LogP contribution in [0.4, 0.5) is 0 Å². The molecule has 0 N–H and O–H groups in total. The molecule has 3 aromatic rings. The second kappa shape index (κ2) is 16.6. The maximum Gasteiger partial charge on any atom is 0.308 e. The molecule has 0 aromatic heterocycles. The van der Waals surface area contributed by atoms with Crippen molar-refractivity contribution < 1.29 is 76.2 Å². The van der Waals surface area contributed by atoms with Gasteiger partial charge in [-0.3, -0.25) is 33.6 Å². The maximum atomic E-state index is 12.2. The van der Waals surface area contributed by atoms with E-state index in [1.165, 1.54) is 0 Å². The number of hydrogen-bond acceptors (Lipinski definition) is 16. The summed E-state index contributed by atoms with van der Waals surface area (Å²) in [6, 6.07) is 5.51. The predicted molar refractivity (Wildman–Crippen MR) is 171 cm³/mol. The summed E-state index contributed by atoms with van der Waals surface area (Å²) in [5, 5.41) is -0.311. The van der Waals surface area contributed by atoms with Crippen LogP contribution in [0.25, 0.3) is 0 Å². The van der Waals surface area contributed by atoms with Gasteiger partial charge in [0.1, 0.15) is 21.0 Å². The van der Waals surface area contributed by atoms with Gasteiger partial charge in [-0.2, -0.15) is 0 Å². The third-order valence-electron chi connectivity index (χ3n) is 5.29. The Morgan fingerprint density at radius 3 is 1.26 bits per heavy atom. The lowest BCUT2D eigenvalue weighted by Crippen LogP contribution is -2.10. The number of carbonyl (C=O) groups excluding carboxylic acids is 7. The summed E-state index contributed by atoms with van der Waals surface area (Å²) >= 11 is 9.63. The zero-order valence-electron chi connectivity index (χ0n) is 27.2. The standard InChI is InChI=1S/C32H26BrClO16/c1-13(35)42-20-8-23(44-15(3)37)29(34)24(9-20)50-30-25(45-16(4)38)10-21(11-26(30)46-17(5)39)49-31-27(47-18(6)40)12-22(43-14(2)36)28(33)32(31)48-19(7)41/h8-12H,1-7H3. The van der Waals surface area contributed by atoms with E-state index in [-0.39, 0.29) is 38.2 Å². The topological polar surface area (TPSA) is 203 Å². The summed E-state index contributed by atoms with van der Waals surface area (Å²) in [6.45, 7) is 7.49. The van der Waals surface area contributed by atoms with E-state index in [9.17, 15) is 33.6 Å². The van der Waals surface area contributed by atoms with Gasteiger partial charge in [0.15, 0.2) is 40.2 Å². The summed E-state index contributed by atoms with van der Waals surface area (Å²) < 4.78 is 48.4. The highest BCUT2D eigenvalue weighted by Crippen LogP contribution is 2.53. The lowest BCUT2D eigenvalue weighted by Gasteiger charge is -2.20. The van der Waals surface area contributed by atoms with Gasteiger partial charge in [-0.25, -0.2) is 0 Å². The van der Waals surface area contributed by atoms with E-state index in [1.54, 1.807) is 0 Å². The largest absolute Gasteiger partial charge is 0.449 e. The molecule has 16 nitrogen and oxygen atoms in total. The molecule has 0 saturated carbocycles. The summed E-state index contributed by atoms with van der Waals surface area (Å²) in [6.07, 6.45) is 0. The lowest BCUT2D eigenvalue weighted by molar-refractivity contribution is -0.133. The van der Waals surface area contributed by atoms with Crippen LogP contribution in [-0.2, 0) is 33.6 Å². The molecule has 0 aliphatic rings. The molecule has 3 aromatic carbocycles. The summed E-state index contributed by atoms with van der Waals surface area (Å²) in [5.74, 6) is -9.70. The zero-order chi connectivity index (χ0) is 37.4. The minimum absolute atomic E-state index is 0.111. The molecule has 18 heteroatoms. The third kappa shape index (κ3) is 10.7. The van der Waals surface area contributed by atoms with Crippen molar-refractivity contribution >= 4 is 69.3 Å². The van der Waals surface area contributed by atoms with Crippen molar-refractivity contribution in [1.29, 1.82) is 0 Å². The number of rotatable bonds is 11. The van der Waals surface area contributed by atoms with Crippen LogP contribution in [0.15, 0.2) is 34.8 Å². The van der Waals surface area contributed by atoms with Crippen LogP contribution in [0.1, 0.15) is 48.5 Å². The van der Waals surface area contributed by atoms with Crippen LogP contribution < -0.4 is 42.6 Å². The SMILES string of the molecule is CC(=O)Oc1cc(OC(C)=O)c(Cl)c(Oc2c(OC(C)=O)cc(Oc3c(OC(C)=O)cc(OC(C)=O)c(Br)c3OC(C)=O)cc2OC(C)=O)c1. The highest BCUT2D eigenvalue weighted by molar-refractivity contribution is 9.10. The highest BCUT2D eigenvalue weighted by Gasteiger charge is 2.28. The van der Waals surface area contributed by atoms with Crippen LogP contribution in [0.5, 0.6) is 63.2 Å². The van der Waals surface area contributed by atoms with Crippen molar-refractivity contribution in [1.82, 2.24) is 0 Å². The van der Waals surface area contributed by atoms with Gasteiger partial charge in [0.25, 0.3) is 0 Å². The minimum Gasteiger partial charge on any atom is -0.449 e. The normalized spacial score (nSPS) is 10.3. The molecule has 0 atom stereocenters. The first-order valence-corrected chi connectivity index (χ1v) is 15.0. The van der Waals surface area contributed by atoms with Crippen LogP contribution in [0.2, 0.25) is 5.02 Å². The molecule has 0 fully saturated rings. The molecule has 0 aliphatic carbocycles. The van der Waals surface area contributed by atoms with Gasteiger partial charge in [0.05, 0.1) is 0 Å². The molecule has 0 spiro atoms.